The molecule has 1 aromatic rings. The highest BCUT2D eigenvalue weighted by atomic mass is 16.2. The van der Waals surface area contributed by atoms with Crippen molar-refractivity contribution in [1.29, 1.82) is 0 Å². The number of amides is 2. The van der Waals surface area contributed by atoms with E-state index in [1.54, 1.807) is 4.90 Å². The number of likely N-dealkylation sites (tertiary alicyclic amines) is 1. The van der Waals surface area contributed by atoms with E-state index in [4.69, 9.17) is 0 Å². The van der Waals surface area contributed by atoms with Crippen molar-refractivity contribution in [3.05, 3.63) is 35.9 Å². The standard InChI is InChI=1S/C18H24N2O2/c21-16(13-20-12-6-2-5-9-17(20)22)19-18(15-10-11-15)14-7-3-1-4-8-14/h1,3-4,7-8,15,18H,2,5-6,9-13H2,(H,19,21). The summed E-state index contributed by atoms with van der Waals surface area (Å²) in [6.07, 6.45) is 5.96. The Balaban J connectivity index is 1.60. The molecule has 1 N–H and O–H groups in total. The van der Waals surface area contributed by atoms with E-state index in [9.17, 15) is 9.59 Å². The first-order chi connectivity index (χ1) is 10.7. The second-order valence-corrected chi connectivity index (χ2v) is 6.42. The van der Waals surface area contributed by atoms with E-state index in [-0.39, 0.29) is 24.4 Å². The van der Waals surface area contributed by atoms with Crippen LogP contribution in [0.15, 0.2) is 30.3 Å². The van der Waals surface area contributed by atoms with E-state index < -0.39 is 0 Å². The molecule has 2 amide bonds. The van der Waals surface area contributed by atoms with Gasteiger partial charge >= 0.3 is 0 Å². The van der Waals surface area contributed by atoms with E-state index in [1.807, 2.05) is 18.2 Å². The molecule has 3 rings (SSSR count). The highest BCUT2D eigenvalue weighted by molar-refractivity contribution is 5.85. The number of carbonyl (C=O) groups is 2. The van der Waals surface area contributed by atoms with Crippen LogP contribution >= 0.6 is 0 Å². The fourth-order valence-corrected chi connectivity index (χ4v) is 3.16. The van der Waals surface area contributed by atoms with Crippen LogP contribution in [0.5, 0.6) is 0 Å². The highest BCUT2D eigenvalue weighted by Crippen LogP contribution is 2.40. The van der Waals surface area contributed by atoms with Crippen molar-refractivity contribution < 1.29 is 9.59 Å². The molecule has 0 aromatic heterocycles. The summed E-state index contributed by atoms with van der Waals surface area (Å²) in [5.41, 5.74) is 1.17. The molecular formula is C18H24N2O2. The number of benzene rings is 1. The highest BCUT2D eigenvalue weighted by Gasteiger charge is 2.33. The molecule has 4 heteroatoms. The number of hydrogen-bond donors (Lipinski definition) is 1. The molecule has 118 valence electrons. The van der Waals surface area contributed by atoms with Crippen molar-refractivity contribution in [3.63, 3.8) is 0 Å². The molecule has 1 aromatic carbocycles. The Labute approximate surface area is 131 Å². The lowest BCUT2D eigenvalue weighted by Gasteiger charge is -2.23. The average Bonchev–Trinajstić information content (AvgIpc) is 3.36. The topological polar surface area (TPSA) is 49.4 Å². The molecule has 1 saturated heterocycles. The van der Waals surface area contributed by atoms with Crippen LogP contribution in [-0.4, -0.2) is 29.8 Å². The zero-order chi connectivity index (χ0) is 15.4. The SMILES string of the molecule is O=C(CN1CCCCCC1=O)NC(c1ccccc1)C1CC1. The fourth-order valence-electron chi connectivity index (χ4n) is 3.16. The third-order valence-corrected chi connectivity index (χ3v) is 4.57. The van der Waals surface area contributed by atoms with Crippen LogP contribution in [0, 0.1) is 5.92 Å². The average molecular weight is 300 g/mol. The van der Waals surface area contributed by atoms with E-state index >= 15 is 0 Å². The van der Waals surface area contributed by atoms with E-state index in [1.165, 1.54) is 18.4 Å². The maximum absolute atomic E-state index is 12.4. The molecule has 4 nitrogen and oxygen atoms in total. The number of hydrogen-bond acceptors (Lipinski definition) is 2. The van der Waals surface area contributed by atoms with Gasteiger partial charge in [-0.05, 0) is 37.2 Å². The summed E-state index contributed by atoms with van der Waals surface area (Å²) in [5, 5.41) is 3.15. The zero-order valence-corrected chi connectivity index (χ0v) is 13.0. The van der Waals surface area contributed by atoms with Crippen LogP contribution in [0.4, 0.5) is 0 Å². The zero-order valence-electron chi connectivity index (χ0n) is 13.0. The summed E-state index contributed by atoms with van der Waals surface area (Å²) < 4.78 is 0. The van der Waals surface area contributed by atoms with E-state index in [2.05, 4.69) is 17.4 Å². The molecule has 2 fully saturated rings. The van der Waals surface area contributed by atoms with Gasteiger partial charge in [-0.3, -0.25) is 9.59 Å². The maximum atomic E-state index is 12.4. The Morgan fingerprint density at radius 2 is 1.95 bits per heavy atom. The van der Waals surface area contributed by atoms with Gasteiger partial charge in [0.1, 0.15) is 0 Å². The Morgan fingerprint density at radius 3 is 2.68 bits per heavy atom. The minimum absolute atomic E-state index is 0.0315. The van der Waals surface area contributed by atoms with Crippen molar-refractivity contribution in [2.75, 3.05) is 13.1 Å². The van der Waals surface area contributed by atoms with E-state index in [0.717, 1.165) is 19.3 Å². The fraction of sp³-hybridized carbons (Fsp3) is 0.556. The van der Waals surface area contributed by atoms with Crippen LogP contribution < -0.4 is 5.32 Å². The molecule has 1 unspecified atom stereocenters. The summed E-state index contributed by atoms with van der Waals surface area (Å²) in [6, 6.07) is 10.2. The van der Waals surface area contributed by atoms with Crippen molar-refractivity contribution in [1.82, 2.24) is 10.2 Å². The van der Waals surface area contributed by atoms with Gasteiger partial charge in [-0.2, -0.15) is 0 Å². The summed E-state index contributed by atoms with van der Waals surface area (Å²) >= 11 is 0. The first-order valence-corrected chi connectivity index (χ1v) is 8.36. The number of carbonyl (C=O) groups excluding carboxylic acids is 2. The van der Waals surface area contributed by atoms with Gasteiger partial charge in [-0.25, -0.2) is 0 Å². The molecule has 1 heterocycles. The smallest absolute Gasteiger partial charge is 0.240 e. The molecule has 1 saturated carbocycles. The monoisotopic (exact) mass is 300 g/mol. The maximum Gasteiger partial charge on any atom is 0.240 e. The molecule has 1 aliphatic heterocycles. The number of rotatable bonds is 5. The van der Waals surface area contributed by atoms with Gasteiger partial charge in [0.2, 0.25) is 11.8 Å². The first kappa shape index (κ1) is 15.1. The summed E-state index contributed by atoms with van der Waals surface area (Å²) in [4.78, 5) is 26.1. The molecule has 0 spiro atoms. The van der Waals surface area contributed by atoms with Crippen LogP contribution in [-0.2, 0) is 9.59 Å². The molecule has 1 atom stereocenters. The number of nitrogens with one attached hydrogen (secondary N) is 1. The summed E-state index contributed by atoms with van der Waals surface area (Å²) in [7, 11) is 0. The lowest BCUT2D eigenvalue weighted by Crippen LogP contribution is -2.42. The van der Waals surface area contributed by atoms with Gasteiger partial charge in [0.15, 0.2) is 0 Å². The lowest BCUT2D eigenvalue weighted by atomic mass is 10.0. The predicted molar refractivity (Wildman–Crippen MR) is 85.1 cm³/mol. The van der Waals surface area contributed by atoms with Gasteiger partial charge in [-0.1, -0.05) is 36.8 Å². The minimum Gasteiger partial charge on any atom is -0.347 e. The Hall–Kier alpha value is -1.84. The largest absolute Gasteiger partial charge is 0.347 e. The van der Waals surface area contributed by atoms with Crippen molar-refractivity contribution >= 4 is 11.8 Å². The Morgan fingerprint density at radius 1 is 1.18 bits per heavy atom. The van der Waals surface area contributed by atoms with Gasteiger partial charge in [-0.15, -0.1) is 0 Å². The van der Waals surface area contributed by atoms with Gasteiger partial charge < -0.3 is 10.2 Å². The molecule has 22 heavy (non-hydrogen) atoms. The lowest BCUT2D eigenvalue weighted by molar-refractivity contribution is -0.135. The molecule has 2 aliphatic rings. The van der Waals surface area contributed by atoms with Crippen LogP contribution in [0.2, 0.25) is 0 Å². The number of nitrogens with zero attached hydrogens (tertiary/aromatic N) is 1. The van der Waals surface area contributed by atoms with Crippen LogP contribution in [0.3, 0.4) is 0 Å². The van der Waals surface area contributed by atoms with Crippen LogP contribution in [0.25, 0.3) is 0 Å². The minimum atomic E-state index is -0.0315. The third-order valence-electron chi connectivity index (χ3n) is 4.57. The third kappa shape index (κ3) is 3.87. The van der Waals surface area contributed by atoms with E-state index in [0.29, 0.717) is 18.9 Å². The second kappa shape index (κ2) is 6.95. The Kier molecular flexibility index (Phi) is 4.76. The molecule has 1 aliphatic carbocycles. The van der Waals surface area contributed by atoms with Crippen molar-refractivity contribution in [2.45, 2.75) is 44.6 Å². The van der Waals surface area contributed by atoms with Gasteiger partial charge in [0.25, 0.3) is 0 Å². The van der Waals surface area contributed by atoms with Crippen molar-refractivity contribution in [2.24, 2.45) is 5.92 Å². The summed E-state index contributed by atoms with van der Waals surface area (Å²) in [5.74, 6) is 0.637. The second-order valence-electron chi connectivity index (χ2n) is 6.42. The summed E-state index contributed by atoms with van der Waals surface area (Å²) in [6.45, 7) is 0.917. The quantitative estimate of drug-likeness (QED) is 0.909. The van der Waals surface area contributed by atoms with Gasteiger partial charge in [0, 0.05) is 13.0 Å². The first-order valence-electron chi connectivity index (χ1n) is 8.36. The van der Waals surface area contributed by atoms with Crippen molar-refractivity contribution in [3.8, 4) is 0 Å². The molecule has 0 bridgehead atoms. The Bertz CT molecular complexity index is 525. The van der Waals surface area contributed by atoms with Gasteiger partial charge in [0.05, 0.1) is 12.6 Å². The molecular weight excluding hydrogens is 276 g/mol. The predicted octanol–water partition coefficient (Wildman–Crippen LogP) is 2.66. The van der Waals surface area contributed by atoms with Crippen LogP contribution in [0.1, 0.15) is 50.1 Å². The normalized spacial score (nSPS) is 20.4. The molecule has 0 radical (unpaired) electrons.